The van der Waals surface area contributed by atoms with Crippen molar-refractivity contribution in [3.63, 3.8) is 0 Å². The van der Waals surface area contributed by atoms with Crippen LogP contribution in [0.4, 0.5) is 0 Å². The second kappa shape index (κ2) is 9.79. The van der Waals surface area contributed by atoms with E-state index in [2.05, 4.69) is 6.92 Å². The van der Waals surface area contributed by atoms with E-state index in [1.54, 1.807) is 0 Å². The summed E-state index contributed by atoms with van der Waals surface area (Å²) in [5.41, 5.74) is 7.47. The summed E-state index contributed by atoms with van der Waals surface area (Å²) in [5.74, 6) is 2.89. The SMILES string of the molecule is CCCCC[C@H](N)c1ccc(Oc2ccccc2)c(Oc2ccccc2)c1. The molecule has 0 unspecified atom stereocenters. The van der Waals surface area contributed by atoms with E-state index in [-0.39, 0.29) is 6.04 Å². The molecule has 3 nitrogen and oxygen atoms in total. The highest BCUT2D eigenvalue weighted by Gasteiger charge is 2.13. The lowest BCUT2D eigenvalue weighted by Gasteiger charge is -2.17. The number of hydrogen-bond acceptors (Lipinski definition) is 3. The average Bonchev–Trinajstić information content (AvgIpc) is 2.71. The van der Waals surface area contributed by atoms with Crippen LogP contribution in [0.2, 0.25) is 0 Å². The fourth-order valence-electron chi connectivity index (χ4n) is 2.93. The molecule has 0 bridgehead atoms. The van der Waals surface area contributed by atoms with Gasteiger partial charge in [0, 0.05) is 6.04 Å². The number of ether oxygens (including phenoxy) is 2. The minimum atomic E-state index is 0.000415. The Morgan fingerprint density at radius 2 is 1.33 bits per heavy atom. The third-order valence-electron chi connectivity index (χ3n) is 4.46. The largest absolute Gasteiger partial charge is 0.453 e. The number of nitrogens with two attached hydrogens (primary N) is 1. The molecule has 27 heavy (non-hydrogen) atoms. The highest BCUT2D eigenvalue weighted by molar-refractivity contribution is 5.48. The maximum absolute atomic E-state index is 6.40. The van der Waals surface area contributed by atoms with Gasteiger partial charge in [0.25, 0.3) is 0 Å². The van der Waals surface area contributed by atoms with E-state index in [1.165, 1.54) is 12.8 Å². The molecule has 0 saturated carbocycles. The van der Waals surface area contributed by atoms with Gasteiger partial charge in [0.2, 0.25) is 0 Å². The Balaban J connectivity index is 1.85. The van der Waals surface area contributed by atoms with Gasteiger partial charge in [-0.3, -0.25) is 0 Å². The molecule has 3 aromatic rings. The Bertz CT molecular complexity index is 818. The molecule has 140 valence electrons. The Labute approximate surface area is 161 Å². The Hall–Kier alpha value is -2.78. The molecular weight excluding hydrogens is 334 g/mol. The zero-order chi connectivity index (χ0) is 18.9. The first kappa shape index (κ1) is 19.0. The predicted octanol–water partition coefficient (Wildman–Crippen LogP) is 6.85. The molecule has 3 rings (SSSR count). The van der Waals surface area contributed by atoms with Gasteiger partial charge in [-0.05, 0) is 48.4 Å². The Morgan fingerprint density at radius 1 is 0.741 bits per heavy atom. The van der Waals surface area contributed by atoms with Crippen molar-refractivity contribution in [1.82, 2.24) is 0 Å². The molecule has 0 aromatic heterocycles. The summed E-state index contributed by atoms with van der Waals surface area (Å²) in [5, 5.41) is 0. The molecule has 0 aliphatic carbocycles. The van der Waals surface area contributed by atoms with Crippen LogP contribution in [-0.2, 0) is 0 Å². The van der Waals surface area contributed by atoms with Gasteiger partial charge in [-0.1, -0.05) is 68.7 Å². The van der Waals surface area contributed by atoms with Gasteiger partial charge in [-0.25, -0.2) is 0 Å². The van der Waals surface area contributed by atoms with Gasteiger partial charge in [-0.2, -0.15) is 0 Å². The third-order valence-corrected chi connectivity index (χ3v) is 4.46. The Morgan fingerprint density at radius 3 is 1.93 bits per heavy atom. The summed E-state index contributed by atoms with van der Waals surface area (Å²) >= 11 is 0. The van der Waals surface area contributed by atoms with Gasteiger partial charge in [0.15, 0.2) is 11.5 Å². The molecule has 0 aliphatic heterocycles. The summed E-state index contributed by atoms with van der Waals surface area (Å²) in [6.07, 6.45) is 4.50. The van der Waals surface area contributed by atoms with Crippen molar-refractivity contribution >= 4 is 0 Å². The van der Waals surface area contributed by atoms with E-state index in [9.17, 15) is 0 Å². The van der Waals surface area contributed by atoms with E-state index in [1.807, 2.05) is 78.9 Å². The molecule has 0 saturated heterocycles. The van der Waals surface area contributed by atoms with Crippen LogP contribution in [-0.4, -0.2) is 0 Å². The van der Waals surface area contributed by atoms with Crippen molar-refractivity contribution in [2.75, 3.05) is 0 Å². The fourth-order valence-corrected chi connectivity index (χ4v) is 2.93. The standard InChI is InChI=1S/C24H27NO2/c1-2-3-6-15-22(25)19-16-17-23(26-20-11-7-4-8-12-20)24(18-19)27-21-13-9-5-10-14-21/h4-5,7-14,16-18,22H,2-3,6,15,25H2,1H3/t22-/m0/s1. The van der Waals surface area contributed by atoms with Crippen LogP contribution in [0.15, 0.2) is 78.9 Å². The normalized spacial score (nSPS) is 11.8. The van der Waals surface area contributed by atoms with Crippen LogP contribution in [0.5, 0.6) is 23.0 Å². The van der Waals surface area contributed by atoms with Crippen molar-refractivity contribution in [2.24, 2.45) is 5.73 Å². The zero-order valence-electron chi connectivity index (χ0n) is 15.8. The smallest absolute Gasteiger partial charge is 0.170 e. The molecule has 3 heteroatoms. The summed E-state index contributed by atoms with van der Waals surface area (Å²) in [4.78, 5) is 0. The van der Waals surface area contributed by atoms with E-state index in [4.69, 9.17) is 15.2 Å². The predicted molar refractivity (Wildman–Crippen MR) is 111 cm³/mol. The van der Waals surface area contributed by atoms with Crippen LogP contribution in [0.25, 0.3) is 0 Å². The minimum absolute atomic E-state index is 0.000415. The first-order valence-corrected chi connectivity index (χ1v) is 9.61. The topological polar surface area (TPSA) is 44.5 Å². The van der Waals surface area contributed by atoms with Crippen LogP contribution in [0.3, 0.4) is 0 Å². The van der Waals surface area contributed by atoms with Crippen molar-refractivity contribution in [1.29, 1.82) is 0 Å². The van der Waals surface area contributed by atoms with E-state index in [0.29, 0.717) is 11.5 Å². The minimum Gasteiger partial charge on any atom is -0.453 e. The van der Waals surface area contributed by atoms with Crippen LogP contribution in [0, 0.1) is 0 Å². The number of hydrogen-bond donors (Lipinski definition) is 1. The van der Waals surface area contributed by atoms with Crippen LogP contribution >= 0.6 is 0 Å². The summed E-state index contributed by atoms with van der Waals surface area (Å²) < 4.78 is 12.2. The van der Waals surface area contributed by atoms with Crippen molar-refractivity contribution < 1.29 is 9.47 Å². The van der Waals surface area contributed by atoms with Crippen LogP contribution in [0.1, 0.15) is 44.2 Å². The molecule has 2 N–H and O–H groups in total. The quantitative estimate of drug-likeness (QED) is 0.424. The van der Waals surface area contributed by atoms with Crippen molar-refractivity contribution in [3.05, 3.63) is 84.4 Å². The first-order chi connectivity index (χ1) is 13.3. The van der Waals surface area contributed by atoms with Gasteiger partial charge in [0.05, 0.1) is 0 Å². The lowest BCUT2D eigenvalue weighted by molar-refractivity contribution is 0.417. The number of unbranched alkanes of at least 4 members (excludes halogenated alkanes) is 2. The highest BCUT2D eigenvalue weighted by atomic mass is 16.5. The maximum Gasteiger partial charge on any atom is 0.170 e. The molecule has 1 atom stereocenters. The fraction of sp³-hybridized carbons (Fsp3) is 0.250. The van der Waals surface area contributed by atoms with Gasteiger partial charge >= 0.3 is 0 Å². The van der Waals surface area contributed by atoms with Crippen molar-refractivity contribution in [2.45, 2.75) is 38.6 Å². The molecule has 0 aliphatic rings. The molecule has 0 fully saturated rings. The average molecular weight is 361 g/mol. The summed E-state index contributed by atoms with van der Waals surface area (Å²) in [6, 6.07) is 25.4. The lowest BCUT2D eigenvalue weighted by atomic mass is 10.0. The molecular formula is C24H27NO2. The number of benzene rings is 3. The lowest BCUT2D eigenvalue weighted by Crippen LogP contribution is -2.10. The molecule has 0 amide bonds. The second-order valence-corrected chi connectivity index (χ2v) is 6.64. The number of para-hydroxylation sites is 2. The van der Waals surface area contributed by atoms with E-state index >= 15 is 0 Å². The van der Waals surface area contributed by atoms with Gasteiger partial charge in [0.1, 0.15) is 11.5 Å². The first-order valence-electron chi connectivity index (χ1n) is 9.61. The van der Waals surface area contributed by atoms with Gasteiger partial charge in [-0.15, -0.1) is 0 Å². The highest BCUT2D eigenvalue weighted by Crippen LogP contribution is 2.37. The number of rotatable bonds is 9. The molecule has 0 heterocycles. The Kier molecular flexibility index (Phi) is 6.89. The molecule has 0 spiro atoms. The van der Waals surface area contributed by atoms with Gasteiger partial charge < -0.3 is 15.2 Å². The van der Waals surface area contributed by atoms with E-state index < -0.39 is 0 Å². The zero-order valence-corrected chi connectivity index (χ0v) is 15.8. The van der Waals surface area contributed by atoms with E-state index in [0.717, 1.165) is 29.9 Å². The monoisotopic (exact) mass is 361 g/mol. The maximum atomic E-state index is 6.40. The molecule has 0 radical (unpaired) electrons. The second-order valence-electron chi connectivity index (χ2n) is 6.64. The van der Waals surface area contributed by atoms with Crippen molar-refractivity contribution in [3.8, 4) is 23.0 Å². The summed E-state index contributed by atoms with van der Waals surface area (Å²) in [6.45, 7) is 2.20. The van der Waals surface area contributed by atoms with Crippen LogP contribution < -0.4 is 15.2 Å². The third kappa shape index (κ3) is 5.60. The molecule has 3 aromatic carbocycles. The summed E-state index contributed by atoms with van der Waals surface area (Å²) in [7, 11) is 0.